The van der Waals surface area contributed by atoms with Crippen LogP contribution in [-0.4, -0.2) is 35.3 Å². The normalized spacial score (nSPS) is 12.1. The molecule has 0 bridgehead atoms. The third-order valence-electron chi connectivity index (χ3n) is 1.78. The number of nitrogen functional groups attached to an aromatic ring is 1. The first-order valence-corrected chi connectivity index (χ1v) is 4.49. The van der Waals surface area contributed by atoms with Crippen LogP contribution in [0.3, 0.4) is 0 Å². The lowest BCUT2D eigenvalue weighted by molar-refractivity contribution is -0.144. The van der Waals surface area contributed by atoms with Crippen LogP contribution in [0, 0.1) is 6.92 Å². The highest BCUT2D eigenvalue weighted by Gasteiger charge is 2.14. The molecule has 0 saturated carbocycles. The number of hydrogen-bond donors (Lipinski definition) is 3. The molecule has 0 spiro atoms. The summed E-state index contributed by atoms with van der Waals surface area (Å²) in [6.07, 6.45) is -2.07. The Morgan fingerprint density at radius 2 is 2.38 bits per heavy atom. The standard InChI is InChI=1S/C9H11BN2O4/c1-4-2-5(11)8(10)9(12-4)16-7(15)3-6(13)14/h2,7,15H,3H2,1H3,(H2,11,12)(H,13,14). The summed E-state index contributed by atoms with van der Waals surface area (Å²) in [6.45, 7) is 1.67. The van der Waals surface area contributed by atoms with E-state index in [0.29, 0.717) is 5.69 Å². The van der Waals surface area contributed by atoms with Gasteiger partial charge in [-0.3, -0.25) is 4.79 Å². The molecular formula is C9H11BN2O4. The Kier molecular flexibility index (Phi) is 3.73. The first-order chi connectivity index (χ1) is 7.40. The minimum atomic E-state index is -1.51. The summed E-state index contributed by atoms with van der Waals surface area (Å²) in [5.41, 5.74) is 6.46. The van der Waals surface area contributed by atoms with Crippen molar-refractivity contribution in [2.45, 2.75) is 19.6 Å². The molecule has 6 nitrogen and oxygen atoms in total. The first-order valence-electron chi connectivity index (χ1n) is 4.49. The second-order valence-corrected chi connectivity index (χ2v) is 3.24. The second kappa shape index (κ2) is 4.85. The predicted molar refractivity (Wildman–Crippen MR) is 57.7 cm³/mol. The maximum absolute atomic E-state index is 10.3. The number of rotatable bonds is 4. The molecule has 7 heteroatoms. The van der Waals surface area contributed by atoms with Crippen LogP contribution in [0.2, 0.25) is 0 Å². The maximum Gasteiger partial charge on any atom is 0.309 e. The van der Waals surface area contributed by atoms with E-state index in [-0.39, 0.29) is 17.0 Å². The molecule has 0 aliphatic heterocycles. The molecule has 2 radical (unpaired) electrons. The van der Waals surface area contributed by atoms with E-state index in [1.807, 2.05) is 0 Å². The van der Waals surface area contributed by atoms with Crippen LogP contribution in [0.15, 0.2) is 6.07 Å². The molecule has 1 atom stereocenters. The van der Waals surface area contributed by atoms with Gasteiger partial charge in [0.05, 0.1) is 0 Å². The zero-order chi connectivity index (χ0) is 12.3. The van der Waals surface area contributed by atoms with E-state index in [0.717, 1.165) is 0 Å². The van der Waals surface area contributed by atoms with Crippen LogP contribution in [0.4, 0.5) is 5.69 Å². The number of nitrogens with two attached hydrogens (primary N) is 1. The molecule has 1 aromatic heterocycles. The van der Waals surface area contributed by atoms with E-state index < -0.39 is 18.7 Å². The van der Waals surface area contributed by atoms with Gasteiger partial charge >= 0.3 is 5.97 Å². The third-order valence-corrected chi connectivity index (χ3v) is 1.78. The molecule has 1 heterocycles. The molecule has 84 valence electrons. The van der Waals surface area contributed by atoms with Crippen LogP contribution < -0.4 is 15.9 Å². The Bertz CT molecular complexity index is 411. The van der Waals surface area contributed by atoms with Crippen molar-refractivity contribution in [2.75, 3.05) is 5.73 Å². The first kappa shape index (κ1) is 12.3. The number of aliphatic hydroxyl groups is 1. The maximum atomic E-state index is 10.3. The molecule has 1 unspecified atom stereocenters. The number of anilines is 1. The summed E-state index contributed by atoms with van der Waals surface area (Å²) < 4.78 is 4.88. The van der Waals surface area contributed by atoms with Gasteiger partial charge in [0.2, 0.25) is 12.2 Å². The molecule has 0 amide bonds. The second-order valence-electron chi connectivity index (χ2n) is 3.24. The van der Waals surface area contributed by atoms with E-state index in [9.17, 15) is 9.90 Å². The summed E-state index contributed by atoms with van der Waals surface area (Å²) in [6, 6.07) is 1.55. The highest BCUT2D eigenvalue weighted by atomic mass is 16.6. The van der Waals surface area contributed by atoms with Gasteiger partial charge in [-0.1, -0.05) is 0 Å². The Morgan fingerprint density at radius 3 is 2.94 bits per heavy atom. The Labute approximate surface area is 93.5 Å². The van der Waals surface area contributed by atoms with Crippen molar-refractivity contribution in [1.82, 2.24) is 4.98 Å². The fourth-order valence-electron chi connectivity index (χ4n) is 1.09. The monoisotopic (exact) mass is 222 g/mol. The van der Waals surface area contributed by atoms with Gasteiger partial charge in [-0.15, -0.1) is 0 Å². The van der Waals surface area contributed by atoms with E-state index in [2.05, 4.69) is 4.98 Å². The quantitative estimate of drug-likeness (QED) is 0.442. The van der Waals surface area contributed by atoms with Crippen molar-refractivity contribution < 1.29 is 19.7 Å². The van der Waals surface area contributed by atoms with Crippen molar-refractivity contribution in [3.63, 3.8) is 0 Å². The number of aliphatic carboxylic acids is 1. The number of carboxylic acids is 1. The number of aromatic nitrogens is 1. The molecule has 0 aliphatic rings. The molecule has 4 N–H and O–H groups in total. The smallest absolute Gasteiger partial charge is 0.309 e. The SMILES string of the molecule is [B]c1c(N)cc(C)nc1OC(O)CC(=O)O. The Hall–Kier alpha value is -1.76. The van der Waals surface area contributed by atoms with Crippen LogP contribution in [-0.2, 0) is 4.79 Å². The Morgan fingerprint density at radius 1 is 1.75 bits per heavy atom. The molecule has 0 fully saturated rings. The van der Waals surface area contributed by atoms with Gasteiger partial charge in [0.15, 0.2) is 0 Å². The lowest BCUT2D eigenvalue weighted by Crippen LogP contribution is -2.25. The third kappa shape index (κ3) is 3.13. The molecule has 0 aliphatic carbocycles. The number of hydrogen-bond acceptors (Lipinski definition) is 5. The van der Waals surface area contributed by atoms with Gasteiger partial charge in [0.1, 0.15) is 14.3 Å². The highest BCUT2D eigenvalue weighted by molar-refractivity contribution is 6.37. The van der Waals surface area contributed by atoms with Crippen molar-refractivity contribution in [1.29, 1.82) is 0 Å². The van der Waals surface area contributed by atoms with Crippen LogP contribution in [0.25, 0.3) is 0 Å². The van der Waals surface area contributed by atoms with Gasteiger partial charge in [-0.2, -0.15) is 0 Å². The van der Waals surface area contributed by atoms with Crippen molar-refractivity contribution in [3.8, 4) is 5.88 Å². The number of nitrogens with zero attached hydrogens (tertiary/aromatic N) is 1. The lowest BCUT2D eigenvalue weighted by Gasteiger charge is -2.14. The van der Waals surface area contributed by atoms with Gasteiger partial charge in [0.25, 0.3) is 0 Å². The minimum absolute atomic E-state index is 0.0637. The summed E-state index contributed by atoms with van der Waals surface area (Å²) in [4.78, 5) is 14.2. The summed E-state index contributed by atoms with van der Waals surface area (Å²) in [5.74, 6) is -1.25. The summed E-state index contributed by atoms with van der Waals surface area (Å²) in [5, 5.41) is 17.7. The molecule has 1 aromatic rings. The summed E-state index contributed by atoms with van der Waals surface area (Å²) >= 11 is 0. The Balaban J connectivity index is 2.84. The van der Waals surface area contributed by atoms with Gasteiger partial charge in [0, 0.05) is 11.4 Å². The van der Waals surface area contributed by atoms with Crippen molar-refractivity contribution in [3.05, 3.63) is 11.8 Å². The average molecular weight is 222 g/mol. The van der Waals surface area contributed by atoms with Gasteiger partial charge < -0.3 is 20.7 Å². The lowest BCUT2D eigenvalue weighted by atomic mass is 9.95. The van der Waals surface area contributed by atoms with Crippen LogP contribution in [0.1, 0.15) is 12.1 Å². The predicted octanol–water partition coefficient (Wildman–Crippen LogP) is -1.06. The van der Waals surface area contributed by atoms with Crippen LogP contribution in [0.5, 0.6) is 5.88 Å². The van der Waals surface area contributed by atoms with E-state index in [1.165, 1.54) is 0 Å². The van der Waals surface area contributed by atoms with Gasteiger partial charge in [-0.25, -0.2) is 4.98 Å². The number of pyridine rings is 1. The fraction of sp³-hybridized carbons (Fsp3) is 0.333. The average Bonchev–Trinajstić information content (AvgIpc) is 2.11. The summed E-state index contributed by atoms with van der Waals surface area (Å²) in [7, 11) is 5.56. The number of aliphatic hydroxyl groups excluding tert-OH is 1. The highest BCUT2D eigenvalue weighted by Crippen LogP contribution is 2.11. The van der Waals surface area contributed by atoms with Gasteiger partial charge in [-0.05, 0) is 18.5 Å². The molecule has 0 aromatic carbocycles. The zero-order valence-corrected chi connectivity index (χ0v) is 8.67. The van der Waals surface area contributed by atoms with Crippen molar-refractivity contribution in [2.24, 2.45) is 0 Å². The van der Waals surface area contributed by atoms with Crippen molar-refractivity contribution >= 4 is 25.0 Å². The molecule has 1 rings (SSSR count). The number of carboxylic acid groups (broad SMARTS) is 1. The number of carbonyl (C=O) groups is 1. The minimum Gasteiger partial charge on any atom is -0.481 e. The molecular weight excluding hydrogens is 211 g/mol. The molecule has 0 saturated heterocycles. The van der Waals surface area contributed by atoms with Crippen LogP contribution >= 0.6 is 0 Å². The molecule has 16 heavy (non-hydrogen) atoms. The number of ether oxygens (including phenoxy) is 1. The zero-order valence-electron chi connectivity index (χ0n) is 8.67. The number of aryl methyl sites for hydroxylation is 1. The fourth-order valence-corrected chi connectivity index (χ4v) is 1.09. The van der Waals surface area contributed by atoms with E-state index in [4.69, 9.17) is 23.4 Å². The van der Waals surface area contributed by atoms with E-state index >= 15 is 0 Å². The van der Waals surface area contributed by atoms with E-state index in [1.54, 1.807) is 13.0 Å². The topological polar surface area (TPSA) is 106 Å². The largest absolute Gasteiger partial charge is 0.481 e.